The highest BCUT2D eigenvalue weighted by molar-refractivity contribution is 6.46. The van der Waals surface area contributed by atoms with Crippen LogP contribution in [0.4, 0.5) is 0 Å². The smallest absolute Gasteiger partial charge is 0.299 e. The van der Waals surface area contributed by atoms with Crippen LogP contribution in [0.3, 0.4) is 0 Å². The molecule has 2 amide bonds. The number of aliphatic imine (C=N–C) groups is 1. The van der Waals surface area contributed by atoms with Crippen LogP contribution < -0.4 is 5.32 Å². The number of nitrogens with one attached hydrogen (secondary N) is 1. The van der Waals surface area contributed by atoms with Gasteiger partial charge in [-0.1, -0.05) is 29.3 Å². The first-order chi connectivity index (χ1) is 12.8. The van der Waals surface area contributed by atoms with Gasteiger partial charge in [0.15, 0.2) is 6.04 Å². The van der Waals surface area contributed by atoms with Gasteiger partial charge in [-0.3, -0.25) is 19.3 Å². The highest BCUT2D eigenvalue weighted by atomic mass is 35.5. The van der Waals surface area contributed by atoms with Crippen LogP contribution in [-0.2, 0) is 20.9 Å². The molecular weight excluding hydrogens is 395 g/mol. The molecule has 0 saturated heterocycles. The first-order valence-corrected chi connectivity index (χ1v) is 8.53. The van der Waals surface area contributed by atoms with E-state index in [1.807, 2.05) is 0 Å². The number of amides is 2. The number of halogens is 2. The Morgan fingerprint density at radius 3 is 2.63 bits per heavy atom. The largest absolute Gasteiger partial charge is 0.350 e. The van der Waals surface area contributed by atoms with Crippen LogP contribution in [-0.4, -0.2) is 56.3 Å². The summed E-state index contributed by atoms with van der Waals surface area (Å²) in [4.78, 5) is 46.0. The molecule has 2 aromatic rings. The molecule has 27 heavy (non-hydrogen) atoms. The first-order valence-electron chi connectivity index (χ1n) is 7.78. The summed E-state index contributed by atoms with van der Waals surface area (Å²) in [6.07, 6.45) is 1.35. The van der Waals surface area contributed by atoms with Gasteiger partial charge in [0, 0.05) is 13.6 Å². The van der Waals surface area contributed by atoms with Crippen molar-refractivity contribution in [3.63, 3.8) is 0 Å². The van der Waals surface area contributed by atoms with Crippen molar-refractivity contribution in [2.45, 2.75) is 19.5 Å². The summed E-state index contributed by atoms with van der Waals surface area (Å²) in [7, 11) is 1.37. The van der Waals surface area contributed by atoms with E-state index in [4.69, 9.17) is 23.2 Å². The molecule has 1 aromatic heterocycles. The topological polar surface area (TPSA) is 110 Å². The van der Waals surface area contributed by atoms with E-state index in [9.17, 15) is 14.4 Å². The second-order valence-corrected chi connectivity index (χ2v) is 6.58. The number of aromatic nitrogens is 3. The monoisotopic (exact) mass is 408 g/mol. The molecule has 0 aliphatic carbocycles. The number of likely N-dealkylation sites (N-methyl/N-ethyl adjacent to an activating group) is 1. The van der Waals surface area contributed by atoms with E-state index in [2.05, 4.69) is 20.4 Å². The van der Waals surface area contributed by atoms with Crippen molar-refractivity contribution in [2.75, 3.05) is 7.05 Å². The lowest BCUT2D eigenvalue weighted by molar-refractivity contribution is -0.145. The van der Waals surface area contributed by atoms with Crippen LogP contribution in [0, 0.1) is 6.92 Å². The molecule has 9 nitrogen and oxygen atoms in total. The fourth-order valence-electron chi connectivity index (χ4n) is 2.40. The molecule has 2 heterocycles. The molecule has 1 aliphatic heterocycles. The summed E-state index contributed by atoms with van der Waals surface area (Å²) < 4.78 is 1.24. The van der Waals surface area contributed by atoms with E-state index in [1.54, 1.807) is 25.1 Å². The zero-order valence-corrected chi connectivity index (χ0v) is 15.8. The highest BCUT2D eigenvalue weighted by Gasteiger charge is 2.40. The van der Waals surface area contributed by atoms with Gasteiger partial charge in [-0.05, 0) is 24.6 Å². The molecule has 0 spiro atoms. The summed E-state index contributed by atoms with van der Waals surface area (Å²) >= 11 is 11.8. The zero-order valence-electron chi connectivity index (χ0n) is 14.3. The van der Waals surface area contributed by atoms with Crippen molar-refractivity contribution < 1.29 is 14.4 Å². The van der Waals surface area contributed by atoms with Gasteiger partial charge in [-0.2, -0.15) is 4.68 Å². The molecule has 0 fully saturated rings. The second-order valence-electron chi connectivity index (χ2n) is 5.76. The number of aryl methyl sites for hydroxylation is 1. The molecule has 0 saturated carbocycles. The van der Waals surface area contributed by atoms with E-state index in [0.717, 1.165) is 4.90 Å². The molecular formula is C16H14Cl2N6O3. The average molecular weight is 409 g/mol. The molecule has 1 N–H and O–H groups in total. The lowest BCUT2D eigenvalue weighted by Crippen LogP contribution is -2.54. The maximum Gasteiger partial charge on any atom is 0.299 e. The van der Waals surface area contributed by atoms with Crippen LogP contribution in [0.2, 0.25) is 10.0 Å². The highest BCUT2D eigenvalue weighted by Crippen LogP contribution is 2.22. The van der Waals surface area contributed by atoms with E-state index >= 15 is 0 Å². The number of Topliss-reactive ketones (excluding diaryl/α,β-unsaturated/α-hetero) is 1. The van der Waals surface area contributed by atoms with Crippen LogP contribution in [0.25, 0.3) is 0 Å². The van der Waals surface area contributed by atoms with Crippen molar-refractivity contribution in [3.05, 3.63) is 46.0 Å². The lowest BCUT2D eigenvalue weighted by Gasteiger charge is -2.25. The van der Waals surface area contributed by atoms with Crippen molar-refractivity contribution in [1.82, 2.24) is 25.0 Å². The summed E-state index contributed by atoms with van der Waals surface area (Å²) in [6, 6.07) is 3.37. The number of carbonyl (C=O) groups is 3. The van der Waals surface area contributed by atoms with Crippen LogP contribution in [0.1, 0.15) is 11.4 Å². The van der Waals surface area contributed by atoms with Gasteiger partial charge in [-0.25, -0.2) is 9.98 Å². The first kappa shape index (κ1) is 19.0. The third-order valence-corrected chi connectivity index (χ3v) is 4.56. The molecule has 1 unspecified atom stereocenters. The minimum absolute atomic E-state index is 0.0369. The predicted molar refractivity (Wildman–Crippen MR) is 97.5 cm³/mol. The molecule has 11 heteroatoms. The van der Waals surface area contributed by atoms with Crippen LogP contribution in [0.15, 0.2) is 29.5 Å². The number of carbonyl (C=O) groups excluding carboxylic acids is 3. The maximum absolute atomic E-state index is 12.5. The fraction of sp³-hybridized carbons (Fsp3) is 0.250. The van der Waals surface area contributed by atoms with E-state index in [-0.39, 0.29) is 12.5 Å². The Morgan fingerprint density at radius 2 is 2.00 bits per heavy atom. The maximum atomic E-state index is 12.5. The Hall–Kier alpha value is -2.78. The van der Waals surface area contributed by atoms with E-state index in [1.165, 1.54) is 18.1 Å². The number of hydrogen-bond acceptors (Lipinski definition) is 6. The van der Waals surface area contributed by atoms with Gasteiger partial charge in [0.05, 0.1) is 10.0 Å². The zero-order chi connectivity index (χ0) is 19.7. The Kier molecular flexibility index (Phi) is 5.24. The Balaban J connectivity index is 1.81. The Morgan fingerprint density at radius 1 is 1.26 bits per heavy atom. The fourth-order valence-corrected chi connectivity index (χ4v) is 2.72. The summed E-state index contributed by atoms with van der Waals surface area (Å²) in [5.74, 6) is -2.00. The van der Waals surface area contributed by atoms with Crippen molar-refractivity contribution in [1.29, 1.82) is 0 Å². The van der Waals surface area contributed by atoms with Crippen LogP contribution >= 0.6 is 23.2 Å². The van der Waals surface area contributed by atoms with Crippen molar-refractivity contribution in [3.8, 4) is 0 Å². The molecule has 140 valence electrons. The van der Waals surface area contributed by atoms with Gasteiger partial charge < -0.3 is 5.32 Å². The number of hydrogen-bond donors (Lipinski definition) is 1. The Labute approximate surface area is 164 Å². The number of ketones is 1. The van der Waals surface area contributed by atoms with E-state index < -0.39 is 23.6 Å². The average Bonchev–Trinajstić information content (AvgIpc) is 3.07. The normalized spacial score (nSPS) is 17.1. The van der Waals surface area contributed by atoms with Gasteiger partial charge in [0.2, 0.25) is 5.96 Å². The standard InChI is InChI=1S/C16H14Cl2N6O3/c1-8-20-7-24(22-8)16-21-12(13(25)15(27)23(16)2)14(26)19-6-9-3-4-10(17)11(18)5-9/h3-5,7,12H,6H2,1-2H3,(H,19,26). The number of benzene rings is 1. The molecule has 1 atom stereocenters. The predicted octanol–water partition coefficient (Wildman–Crippen LogP) is 0.824. The third-order valence-electron chi connectivity index (χ3n) is 3.82. The third kappa shape index (κ3) is 3.83. The van der Waals surface area contributed by atoms with Crippen molar-refractivity contribution in [2.24, 2.45) is 4.99 Å². The lowest BCUT2D eigenvalue weighted by atomic mass is 10.1. The molecule has 0 radical (unpaired) electrons. The SMILES string of the molecule is Cc1ncn(C2=NC(C(=O)NCc3ccc(Cl)c(Cl)c3)C(=O)C(=O)N2C)n1. The van der Waals surface area contributed by atoms with Crippen LogP contribution in [0.5, 0.6) is 0 Å². The van der Waals surface area contributed by atoms with Gasteiger partial charge in [0.25, 0.3) is 17.6 Å². The molecule has 1 aromatic carbocycles. The minimum atomic E-state index is -1.50. The Bertz CT molecular complexity index is 971. The van der Waals surface area contributed by atoms with Gasteiger partial charge in [0.1, 0.15) is 12.2 Å². The number of nitrogens with zero attached hydrogens (tertiary/aromatic N) is 5. The summed E-state index contributed by atoms with van der Waals surface area (Å²) in [5, 5.41) is 7.37. The molecule has 1 aliphatic rings. The van der Waals surface area contributed by atoms with E-state index in [0.29, 0.717) is 21.4 Å². The minimum Gasteiger partial charge on any atom is -0.350 e. The van der Waals surface area contributed by atoms with Gasteiger partial charge >= 0.3 is 0 Å². The van der Waals surface area contributed by atoms with Crippen molar-refractivity contribution >= 4 is 46.8 Å². The molecule has 3 rings (SSSR count). The summed E-state index contributed by atoms with van der Waals surface area (Å²) in [5.41, 5.74) is 0.681. The molecule has 0 bridgehead atoms. The quantitative estimate of drug-likeness (QED) is 0.597. The second kappa shape index (κ2) is 7.45. The van der Waals surface area contributed by atoms with Gasteiger partial charge in [-0.15, -0.1) is 5.10 Å². The number of rotatable bonds is 3. The summed E-state index contributed by atoms with van der Waals surface area (Å²) in [6.45, 7) is 1.76.